The second-order valence-corrected chi connectivity index (χ2v) is 12.9. The number of nitrogens with zero attached hydrogens (tertiary/aromatic N) is 7. The van der Waals surface area contributed by atoms with E-state index in [0.717, 1.165) is 46.8 Å². The maximum atomic E-state index is 13.4. The van der Waals surface area contributed by atoms with E-state index < -0.39 is 5.60 Å². The molecule has 0 spiro atoms. The van der Waals surface area contributed by atoms with Crippen LogP contribution in [0.1, 0.15) is 56.5 Å². The van der Waals surface area contributed by atoms with Gasteiger partial charge in [-0.25, -0.2) is 19.4 Å². The van der Waals surface area contributed by atoms with Gasteiger partial charge >= 0.3 is 6.09 Å². The zero-order valence-corrected chi connectivity index (χ0v) is 27.6. The maximum Gasteiger partial charge on any atom is 0.410 e. The zero-order chi connectivity index (χ0) is 33.0. The summed E-state index contributed by atoms with van der Waals surface area (Å²) in [6.07, 6.45) is 4.59. The molecule has 2 aromatic carbocycles. The van der Waals surface area contributed by atoms with Crippen molar-refractivity contribution in [2.45, 2.75) is 58.8 Å². The number of hydrogen-bond donors (Lipinski definition) is 0. The fraction of sp³-hybridized carbons (Fsp3) is 0.457. The molecule has 0 unspecified atom stereocenters. The fourth-order valence-electron chi connectivity index (χ4n) is 5.98. The van der Waals surface area contributed by atoms with E-state index in [4.69, 9.17) is 14.2 Å². The molecule has 12 heteroatoms. The third kappa shape index (κ3) is 7.75. The lowest BCUT2D eigenvalue weighted by atomic mass is 10.1. The molecule has 4 heterocycles. The number of piperazine rings is 1. The number of carbonyl (C=O) groups excluding carboxylic acids is 2. The van der Waals surface area contributed by atoms with E-state index in [1.165, 1.54) is 0 Å². The number of carbonyl (C=O) groups is 2. The number of likely N-dealkylation sites (tertiary alicyclic amines) is 1. The molecule has 0 radical (unpaired) electrons. The van der Waals surface area contributed by atoms with Crippen molar-refractivity contribution in [1.82, 2.24) is 29.5 Å². The molecule has 47 heavy (non-hydrogen) atoms. The van der Waals surface area contributed by atoms with Gasteiger partial charge < -0.3 is 28.9 Å². The van der Waals surface area contributed by atoms with Gasteiger partial charge in [0.1, 0.15) is 35.3 Å². The summed E-state index contributed by atoms with van der Waals surface area (Å²) in [4.78, 5) is 40.7. The van der Waals surface area contributed by atoms with Gasteiger partial charge in [-0.3, -0.25) is 4.79 Å². The Kier molecular flexibility index (Phi) is 9.46. The molecule has 0 bridgehead atoms. The van der Waals surface area contributed by atoms with Crippen LogP contribution in [0.5, 0.6) is 11.5 Å². The summed E-state index contributed by atoms with van der Waals surface area (Å²) < 4.78 is 19.2. The largest absolute Gasteiger partial charge is 0.494 e. The van der Waals surface area contributed by atoms with Crippen molar-refractivity contribution >= 4 is 28.9 Å². The van der Waals surface area contributed by atoms with Crippen molar-refractivity contribution in [2.75, 3.05) is 50.8 Å². The average molecular weight is 642 g/mol. The highest BCUT2D eigenvalue weighted by Crippen LogP contribution is 2.26. The van der Waals surface area contributed by atoms with Crippen molar-refractivity contribution in [3.8, 4) is 11.5 Å². The zero-order valence-electron chi connectivity index (χ0n) is 27.6. The minimum Gasteiger partial charge on any atom is -0.494 e. The summed E-state index contributed by atoms with van der Waals surface area (Å²) in [6, 6.07) is 15.4. The number of anilines is 1. The third-order valence-electron chi connectivity index (χ3n) is 8.32. The number of aromatic nitrogens is 4. The summed E-state index contributed by atoms with van der Waals surface area (Å²) >= 11 is 0. The topological polar surface area (TPSA) is 115 Å². The van der Waals surface area contributed by atoms with Crippen LogP contribution in [0.25, 0.3) is 11.0 Å². The summed E-state index contributed by atoms with van der Waals surface area (Å²) in [6.45, 7) is 12.4. The molecule has 12 nitrogen and oxygen atoms in total. The minimum absolute atomic E-state index is 0.00296. The number of piperidine rings is 1. The molecule has 6 rings (SSSR count). The van der Waals surface area contributed by atoms with Crippen molar-refractivity contribution in [3.05, 3.63) is 72.2 Å². The van der Waals surface area contributed by atoms with Crippen LogP contribution >= 0.6 is 0 Å². The number of benzene rings is 2. The van der Waals surface area contributed by atoms with E-state index in [1.807, 2.05) is 92.0 Å². The Hall–Kier alpha value is -4.87. The highest BCUT2D eigenvalue weighted by Gasteiger charge is 2.28. The van der Waals surface area contributed by atoms with Crippen molar-refractivity contribution in [1.29, 1.82) is 0 Å². The summed E-state index contributed by atoms with van der Waals surface area (Å²) in [5.74, 6) is 2.38. The van der Waals surface area contributed by atoms with E-state index in [9.17, 15) is 9.59 Å². The first kappa shape index (κ1) is 32.1. The second kappa shape index (κ2) is 13.9. The normalized spacial score (nSPS) is 16.0. The van der Waals surface area contributed by atoms with Gasteiger partial charge in [0.15, 0.2) is 5.65 Å². The first-order valence-electron chi connectivity index (χ1n) is 16.3. The van der Waals surface area contributed by atoms with Crippen LogP contribution in [0.4, 0.5) is 10.6 Å². The fourth-order valence-corrected chi connectivity index (χ4v) is 5.98. The van der Waals surface area contributed by atoms with Crippen LogP contribution in [-0.4, -0.2) is 99.1 Å². The molecule has 0 atom stereocenters. The van der Waals surface area contributed by atoms with Crippen LogP contribution in [0.2, 0.25) is 0 Å². The molecule has 0 aliphatic carbocycles. The van der Waals surface area contributed by atoms with Crippen LogP contribution in [0.3, 0.4) is 0 Å². The Bertz CT molecular complexity index is 1680. The predicted octanol–water partition coefficient (Wildman–Crippen LogP) is 5.01. The molecule has 2 fully saturated rings. The van der Waals surface area contributed by atoms with Crippen LogP contribution < -0.4 is 14.4 Å². The molecule has 2 amide bonds. The molecule has 0 N–H and O–H groups in total. The van der Waals surface area contributed by atoms with Crippen LogP contribution in [-0.2, 0) is 11.3 Å². The summed E-state index contributed by atoms with van der Waals surface area (Å²) in [5, 5.41) is 5.51. The van der Waals surface area contributed by atoms with Gasteiger partial charge in [0.25, 0.3) is 5.91 Å². The number of hydrogen-bond acceptors (Lipinski definition) is 9. The maximum absolute atomic E-state index is 13.4. The highest BCUT2D eigenvalue weighted by atomic mass is 16.6. The smallest absolute Gasteiger partial charge is 0.410 e. The van der Waals surface area contributed by atoms with Gasteiger partial charge in [-0.2, -0.15) is 5.10 Å². The number of rotatable bonds is 8. The lowest BCUT2D eigenvalue weighted by molar-refractivity contribution is 0.0126. The third-order valence-corrected chi connectivity index (χ3v) is 8.32. The quantitative estimate of drug-likeness (QED) is 0.262. The standard InChI is InChI=1S/C35H43N7O5/c1-5-45-29-8-6-7-25(21-29)23-42-32-30(22-38-42)31(36-24-37-32)39-17-19-40(20-18-39)33(43)26-9-11-27(12-10-26)46-28-13-15-41(16-14-28)34(44)47-35(2,3)4/h6-12,21-22,24,28H,5,13-20,23H2,1-4H3. The van der Waals surface area contributed by atoms with E-state index >= 15 is 0 Å². The highest BCUT2D eigenvalue weighted by molar-refractivity contribution is 5.94. The van der Waals surface area contributed by atoms with E-state index in [2.05, 4.69) is 20.0 Å². The van der Waals surface area contributed by atoms with Crippen LogP contribution in [0.15, 0.2) is 61.1 Å². The average Bonchev–Trinajstić information content (AvgIpc) is 3.47. The number of amides is 2. The van der Waals surface area contributed by atoms with Gasteiger partial charge in [-0.1, -0.05) is 12.1 Å². The molecule has 2 aliphatic heterocycles. The Morgan fingerprint density at radius 3 is 2.34 bits per heavy atom. The first-order valence-corrected chi connectivity index (χ1v) is 16.3. The Labute approximate surface area is 275 Å². The van der Waals surface area contributed by atoms with Gasteiger partial charge in [0, 0.05) is 57.7 Å². The molecule has 2 aliphatic rings. The molecule has 2 saturated heterocycles. The Balaban J connectivity index is 1.01. The minimum atomic E-state index is -0.509. The molecule has 4 aromatic rings. The molecular formula is C35H43N7O5. The van der Waals surface area contributed by atoms with Gasteiger partial charge in [0.2, 0.25) is 0 Å². The molecule has 248 valence electrons. The SMILES string of the molecule is CCOc1cccc(Cn2ncc3c(N4CCN(C(=O)c5ccc(OC6CCN(C(=O)OC(C)(C)C)CC6)cc5)CC4)ncnc32)c1. The number of ether oxygens (including phenoxy) is 3. The Morgan fingerprint density at radius 2 is 1.64 bits per heavy atom. The first-order chi connectivity index (χ1) is 22.7. The van der Waals surface area contributed by atoms with E-state index in [1.54, 1.807) is 11.2 Å². The van der Waals surface area contributed by atoms with Gasteiger partial charge in [-0.05, 0) is 69.7 Å². The van der Waals surface area contributed by atoms with Crippen molar-refractivity contribution < 1.29 is 23.8 Å². The van der Waals surface area contributed by atoms with E-state index in [0.29, 0.717) is 58.0 Å². The van der Waals surface area contributed by atoms with Crippen molar-refractivity contribution in [3.63, 3.8) is 0 Å². The van der Waals surface area contributed by atoms with Crippen molar-refractivity contribution in [2.24, 2.45) is 0 Å². The predicted molar refractivity (Wildman–Crippen MR) is 178 cm³/mol. The second-order valence-electron chi connectivity index (χ2n) is 12.9. The molecule has 0 saturated carbocycles. The Morgan fingerprint density at radius 1 is 0.894 bits per heavy atom. The number of fused-ring (bicyclic) bond motifs is 1. The van der Waals surface area contributed by atoms with Gasteiger partial charge in [0.05, 0.1) is 24.7 Å². The van der Waals surface area contributed by atoms with Crippen LogP contribution in [0, 0.1) is 0 Å². The lowest BCUT2D eigenvalue weighted by Gasteiger charge is -2.35. The lowest BCUT2D eigenvalue weighted by Crippen LogP contribution is -2.49. The van der Waals surface area contributed by atoms with Gasteiger partial charge in [-0.15, -0.1) is 0 Å². The van der Waals surface area contributed by atoms with E-state index in [-0.39, 0.29) is 18.1 Å². The molecule has 2 aromatic heterocycles. The monoisotopic (exact) mass is 641 g/mol. The summed E-state index contributed by atoms with van der Waals surface area (Å²) in [5.41, 5.74) is 1.97. The summed E-state index contributed by atoms with van der Waals surface area (Å²) in [7, 11) is 0. The molecular weight excluding hydrogens is 598 g/mol.